The van der Waals surface area contributed by atoms with Gasteiger partial charge in [0.25, 0.3) is 0 Å². The zero-order chi connectivity index (χ0) is 15.3. The summed E-state index contributed by atoms with van der Waals surface area (Å²) in [7, 11) is 0. The van der Waals surface area contributed by atoms with Gasteiger partial charge in [0.1, 0.15) is 18.2 Å². The third kappa shape index (κ3) is 4.71. The van der Waals surface area contributed by atoms with Crippen LogP contribution in [0, 0.1) is 5.82 Å². The third-order valence-corrected chi connectivity index (χ3v) is 3.55. The average Bonchev–Trinajstić information content (AvgIpc) is 2.92. The Hall–Kier alpha value is -1.60. The molecule has 0 unspecified atom stereocenters. The Morgan fingerprint density at radius 2 is 2.00 bits per heavy atom. The maximum atomic E-state index is 13.1. The van der Waals surface area contributed by atoms with Crippen LogP contribution in [0.4, 0.5) is 17.6 Å². The second-order valence-electron chi connectivity index (χ2n) is 4.24. The maximum absolute atomic E-state index is 13.1. The van der Waals surface area contributed by atoms with Crippen molar-refractivity contribution in [3.8, 4) is 5.75 Å². The first-order valence-electron chi connectivity index (χ1n) is 6.19. The molecule has 0 fully saturated rings. The number of rotatable bonds is 6. The van der Waals surface area contributed by atoms with Gasteiger partial charge in [-0.1, -0.05) is 6.07 Å². The predicted octanol–water partition coefficient (Wildman–Crippen LogP) is 4.07. The van der Waals surface area contributed by atoms with Gasteiger partial charge >= 0.3 is 6.18 Å². The summed E-state index contributed by atoms with van der Waals surface area (Å²) in [6, 6.07) is 6.54. The first-order valence-corrected chi connectivity index (χ1v) is 7.07. The molecule has 1 aromatic heterocycles. The van der Waals surface area contributed by atoms with Crippen molar-refractivity contribution >= 4 is 11.3 Å². The topological polar surface area (TPSA) is 21.3 Å². The fraction of sp³-hybridized carbons (Fsp3) is 0.286. The second kappa shape index (κ2) is 6.91. The number of hydrogen-bond donors (Lipinski definition) is 1. The first-order chi connectivity index (χ1) is 9.97. The highest BCUT2D eigenvalue weighted by Crippen LogP contribution is 2.33. The van der Waals surface area contributed by atoms with Gasteiger partial charge in [-0.05, 0) is 29.6 Å². The van der Waals surface area contributed by atoms with Gasteiger partial charge in [0.2, 0.25) is 0 Å². The summed E-state index contributed by atoms with van der Waals surface area (Å²) in [5.74, 6) is -1.30. The minimum absolute atomic E-state index is 0.00153. The first kappa shape index (κ1) is 15.8. The van der Waals surface area contributed by atoms with E-state index in [-0.39, 0.29) is 12.4 Å². The van der Waals surface area contributed by atoms with E-state index in [2.05, 4.69) is 5.32 Å². The molecule has 1 N–H and O–H groups in total. The number of benzene rings is 1. The molecule has 114 valence electrons. The molecule has 0 aliphatic carbocycles. The molecule has 2 rings (SSSR count). The maximum Gasteiger partial charge on any atom is 0.419 e. The van der Waals surface area contributed by atoms with Gasteiger partial charge in [-0.2, -0.15) is 13.2 Å². The van der Waals surface area contributed by atoms with E-state index in [1.807, 2.05) is 17.5 Å². The zero-order valence-corrected chi connectivity index (χ0v) is 11.7. The molecule has 0 aliphatic heterocycles. The summed E-state index contributed by atoms with van der Waals surface area (Å²) in [6.07, 6.45) is -4.72. The summed E-state index contributed by atoms with van der Waals surface area (Å²) in [5.41, 5.74) is -1.31. The molecular weight excluding hydrogens is 306 g/mol. The van der Waals surface area contributed by atoms with Gasteiger partial charge in [0.05, 0.1) is 5.56 Å². The molecule has 0 saturated carbocycles. The summed E-state index contributed by atoms with van der Waals surface area (Å²) < 4.78 is 55.8. The lowest BCUT2D eigenvalue weighted by atomic mass is 10.2. The Balaban J connectivity index is 1.80. The molecule has 7 heteroatoms. The van der Waals surface area contributed by atoms with E-state index in [4.69, 9.17) is 4.74 Å². The van der Waals surface area contributed by atoms with Crippen molar-refractivity contribution in [2.24, 2.45) is 0 Å². The molecule has 0 spiro atoms. The molecule has 0 bridgehead atoms. The molecule has 0 atom stereocenters. The summed E-state index contributed by atoms with van der Waals surface area (Å²) in [4.78, 5) is 1.16. The van der Waals surface area contributed by atoms with E-state index in [0.717, 1.165) is 10.9 Å². The normalized spacial score (nSPS) is 11.6. The number of nitrogens with one attached hydrogen (secondary N) is 1. The molecule has 2 aromatic rings. The van der Waals surface area contributed by atoms with Crippen molar-refractivity contribution < 1.29 is 22.3 Å². The highest BCUT2D eigenvalue weighted by Gasteiger charge is 2.34. The van der Waals surface area contributed by atoms with E-state index in [1.54, 1.807) is 11.3 Å². The van der Waals surface area contributed by atoms with Crippen molar-refractivity contribution in [3.05, 3.63) is 52.0 Å². The number of halogens is 4. The second-order valence-corrected chi connectivity index (χ2v) is 5.28. The molecule has 0 aliphatic rings. The van der Waals surface area contributed by atoms with Crippen molar-refractivity contribution in [1.82, 2.24) is 5.32 Å². The third-order valence-electron chi connectivity index (χ3n) is 2.67. The molecule has 2 nitrogen and oxygen atoms in total. The van der Waals surface area contributed by atoms with Crippen molar-refractivity contribution in [2.45, 2.75) is 12.7 Å². The van der Waals surface area contributed by atoms with Gasteiger partial charge in [-0.15, -0.1) is 11.3 Å². The van der Waals surface area contributed by atoms with E-state index in [1.165, 1.54) is 6.07 Å². The molecule has 21 heavy (non-hydrogen) atoms. The Kier molecular flexibility index (Phi) is 5.19. The molecule has 0 amide bonds. The highest BCUT2D eigenvalue weighted by atomic mass is 32.1. The fourth-order valence-electron chi connectivity index (χ4n) is 1.68. The van der Waals surface area contributed by atoms with Gasteiger partial charge in [0, 0.05) is 18.0 Å². The largest absolute Gasteiger partial charge is 0.492 e. The van der Waals surface area contributed by atoms with Crippen LogP contribution < -0.4 is 10.1 Å². The lowest BCUT2D eigenvalue weighted by molar-refractivity contribution is -0.140. The number of alkyl halides is 3. The standard InChI is InChI=1S/C14H13F4NOS/c15-13-4-3-10(8-12(13)14(16,17)18)20-6-5-19-9-11-2-1-7-21-11/h1-4,7-8,19H,5-6,9H2. The van der Waals surface area contributed by atoms with Crippen LogP contribution in [0.25, 0.3) is 0 Å². The summed E-state index contributed by atoms with van der Waals surface area (Å²) in [5, 5.41) is 5.07. The van der Waals surface area contributed by atoms with Crippen LogP contribution in [0.5, 0.6) is 5.75 Å². The van der Waals surface area contributed by atoms with Crippen molar-refractivity contribution in [3.63, 3.8) is 0 Å². The van der Waals surface area contributed by atoms with E-state index < -0.39 is 17.6 Å². The molecule has 1 aromatic carbocycles. The highest BCUT2D eigenvalue weighted by molar-refractivity contribution is 7.09. The van der Waals surface area contributed by atoms with Crippen molar-refractivity contribution in [1.29, 1.82) is 0 Å². The Morgan fingerprint density at radius 3 is 2.67 bits per heavy atom. The average molecular weight is 319 g/mol. The van der Waals surface area contributed by atoms with E-state index >= 15 is 0 Å². The van der Waals surface area contributed by atoms with Crippen LogP contribution in [-0.4, -0.2) is 13.2 Å². The SMILES string of the molecule is Fc1ccc(OCCNCc2cccs2)cc1C(F)(F)F. The minimum Gasteiger partial charge on any atom is -0.492 e. The number of thiophene rings is 1. The van der Waals surface area contributed by atoms with Crippen LogP contribution >= 0.6 is 11.3 Å². The van der Waals surface area contributed by atoms with E-state index in [9.17, 15) is 17.6 Å². The minimum atomic E-state index is -4.72. The number of hydrogen-bond acceptors (Lipinski definition) is 3. The quantitative estimate of drug-likeness (QED) is 0.640. The van der Waals surface area contributed by atoms with Crippen LogP contribution in [-0.2, 0) is 12.7 Å². The zero-order valence-electron chi connectivity index (χ0n) is 10.9. The summed E-state index contributed by atoms with van der Waals surface area (Å²) >= 11 is 1.61. The lowest BCUT2D eigenvalue weighted by Crippen LogP contribution is -2.20. The molecular formula is C14H13F4NOS. The molecule has 1 heterocycles. The summed E-state index contributed by atoms with van der Waals surface area (Å²) in [6.45, 7) is 1.36. The Bertz CT molecular complexity index is 569. The van der Waals surface area contributed by atoms with Crippen LogP contribution in [0.15, 0.2) is 35.7 Å². The van der Waals surface area contributed by atoms with Gasteiger partial charge in [0.15, 0.2) is 0 Å². The lowest BCUT2D eigenvalue weighted by Gasteiger charge is -2.11. The van der Waals surface area contributed by atoms with E-state index in [0.29, 0.717) is 19.2 Å². The number of ether oxygens (including phenoxy) is 1. The predicted molar refractivity (Wildman–Crippen MR) is 72.9 cm³/mol. The van der Waals surface area contributed by atoms with Crippen molar-refractivity contribution in [2.75, 3.05) is 13.2 Å². The smallest absolute Gasteiger partial charge is 0.419 e. The molecule has 0 radical (unpaired) electrons. The van der Waals surface area contributed by atoms with Gasteiger partial charge in [-0.25, -0.2) is 4.39 Å². The fourth-order valence-corrected chi connectivity index (χ4v) is 2.35. The van der Waals surface area contributed by atoms with Crippen LogP contribution in [0.3, 0.4) is 0 Å². The van der Waals surface area contributed by atoms with Gasteiger partial charge in [-0.3, -0.25) is 0 Å². The monoisotopic (exact) mass is 319 g/mol. The Morgan fingerprint density at radius 1 is 1.19 bits per heavy atom. The van der Waals surface area contributed by atoms with Crippen LogP contribution in [0.2, 0.25) is 0 Å². The Labute approximate surface area is 123 Å². The van der Waals surface area contributed by atoms with Gasteiger partial charge < -0.3 is 10.1 Å². The molecule has 0 saturated heterocycles. The van der Waals surface area contributed by atoms with Crippen LogP contribution in [0.1, 0.15) is 10.4 Å².